The fraction of sp³-hybridized carbons (Fsp3) is 0.318. The molecule has 2 aromatic rings. The smallest absolute Gasteiger partial charge is 0.344 e. The van der Waals surface area contributed by atoms with Crippen LogP contribution >= 0.6 is 0 Å². The summed E-state index contributed by atoms with van der Waals surface area (Å²) in [5.41, 5.74) is 2.67. The van der Waals surface area contributed by atoms with Gasteiger partial charge in [-0.15, -0.1) is 0 Å². The van der Waals surface area contributed by atoms with Gasteiger partial charge in [-0.1, -0.05) is 42.5 Å². The Morgan fingerprint density at radius 1 is 1.10 bits per heavy atom. The second-order valence-electron chi connectivity index (χ2n) is 8.00. The summed E-state index contributed by atoms with van der Waals surface area (Å²) in [5.74, 6) is -0.674. The van der Waals surface area contributed by atoms with E-state index in [0.717, 1.165) is 15.6 Å². The van der Waals surface area contributed by atoms with E-state index in [0.29, 0.717) is 31.7 Å². The number of para-hydroxylation sites is 2. The average molecular weight is 424 g/mol. The van der Waals surface area contributed by atoms with Crippen LogP contribution < -0.4 is 20.5 Å². The summed E-state index contributed by atoms with van der Waals surface area (Å²) in [5, 5.41) is 13.5. The molecule has 2 fully saturated rings. The fourth-order valence-corrected chi connectivity index (χ4v) is 4.07. The molecule has 31 heavy (non-hydrogen) atoms. The third-order valence-electron chi connectivity index (χ3n) is 5.88. The first-order valence-electron chi connectivity index (χ1n) is 10.3. The zero-order valence-electron chi connectivity index (χ0n) is 17.3. The summed E-state index contributed by atoms with van der Waals surface area (Å²) < 4.78 is 0. The number of hydrogen-bond acceptors (Lipinski definition) is 5. The van der Waals surface area contributed by atoms with E-state index in [-0.39, 0.29) is 12.3 Å². The van der Waals surface area contributed by atoms with Crippen molar-refractivity contribution in [2.75, 3.05) is 37.6 Å². The zero-order valence-corrected chi connectivity index (χ0v) is 17.3. The van der Waals surface area contributed by atoms with Gasteiger partial charge in [0.05, 0.1) is 31.9 Å². The van der Waals surface area contributed by atoms with Crippen LogP contribution in [0.2, 0.25) is 0 Å². The number of piperazine rings is 1. The maximum absolute atomic E-state index is 12.9. The summed E-state index contributed by atoms with van der Waals surface area (Å²) in [4.78, 5) is 40.9. The van der Waals surface area contributed by atoms with Gasteiger partial charge >= 0.3 is 6.03 Å². The van der Waals surface area contributed by atoms with Crippen molar-refractivity contribution in [2.24, 2.45) is 0 Å². The maximum Gasteiger partial charge on any atom is 0.344 e. The molecule has 0 saturated carbocycles. The quantitative estimate of drug-likeness (QED) is 0.489. The number of aromatic hydroxyl groups is 1. The van der Waals surface area contributed by atoms with Crippen molar-refractivity contribution in [3.63, 3.8) is 0 Å². The van der Waals surface area contributed by atoms with Crippen molar-refractivity contribution in [3.8, 4) is 5.75 Å². The maximum atomic E-state index is 12.9. The van der Waals surface area contributed by atoms with Crippen LogP contribution in [0.3, 0.4) is 0 Å². The third-order valence-corrected chi connectivity index (χ3v) is 5.88. The Morgan fingerprint density at radius 3 is 2.42 bits per heavy atom. The van der Waals surface area contributed by atoms with Crippen LogP contribution in [-0.2, 0) is 15.1 Å². The van der Waals surface area contributed by atoms with Gasteiger partial charge in [-0.25, -0.2) is 4.79 Å². The highest BCUT2D eigenvalue weighted by molar-refractivity contribution is 6.08. The number of imide groups is 1. The van der Waals surface area contributed by atoms with E-state index in [1.54, 1.807) is 43.3 Å². The Morgan fingerprint density at radius 2 is 1.74 bits per heavy atom. The molecule has 2 saturated heterocycles. The summed E-state index contributed by atoms with van der Waals surface area (Å²) in [6.45, 7) is 4.55. The lowest BCUT2D eigenvalue weighted by Gasteiger charge is -2.33. The zero-order chi connectivity index (χ0) is 22.0. The highest BCUT2D eigenvalue weighted by atomic mass is 16.3. The number of carbonyl (C=O) groups excluding carboxylic acids is 3. The van der Waals surface area contributed by atoms with Crippen molar-refractivity contribution in [1.82, 2.24) is 15.8 Å². The van der Waals surface area contributed by atoms with Crippen molar-refractivity contribution in [2.45, 2.75) is 12.5 Å². The monoisotopic (exact) mass is 424 g/mol. The number of nitrogens with one attached hydrogen (secondary N) is 3. The number of nitrogens with zero attached hydrogens (tertiary/aromatic N) is 2. The van der Waals surface area contributed by atoms with Crippen LogP contribution in [0.5, 0.6) is 5.75 Å². The Balaban J connectivity index is 1.33. The van der Waals surface area contributed by atoms with E-state index < -0.39 is 23.4 Å². The molecular formula is C22H26N5O4+. The number of hydrogen-bond donors (Lipinski definition) is 4. The normalized spacial score (nSPS) is 21.8. The fourth-order valence-electron chi connectivity index (χ4n) is 4.07. The summed E-state index contributed by atoms with van der Waals surface area (Å²) in [7, 11) is 0. The summed E-state index contributed by atoms with van der Waals surface area (Å²) in [6, 6.07) is 15.5. The molecule has 0 bridgehead atoms. The molecule has 2 aliphatic rings. The predicted octanol–water partition coefficient (Wildman–Crippen LogP) is -0.404. The second kappa shape index (κ2) is 8.27. The molecule has 162 valence electrons. The molecule has 0 spiro atoms. The summed E-state index contributed by atoms with van der Waals surface area (Å²) in [6.07, 6.45) is 0. The van der Waals surface area contributed by atoms with Crippen LogP contribution in [0.25, 0.3) is 0 Å². The molecule has 9 nitrogen and oxygen atoms in total. The lowest BCUT2D eigenvalue weighted by atomic mass is 9.92. The van der Waals surface area contributed by atoms with E-state index in [1.807, 2.05) is 18.2 Å². The largest absolute Gasteiger partial charge is 0.506 e. The number of rotatable bonds is 5. The molecule has 1 atom stereocenters. The molecule has 2 aromatic carbocycles. The Kier molecular flexibility index (Phi) is 5.51. The number of carbonyl (C=O) groups is 3. The van der Waals surface area contributed by atoms with Crippen molar-refractivity contribution < 1.29 is 24.4 Å². The van der Waals surface area contributed by atoms with Crippen LogP contribution in [-0.4, -0.2) is 60.7 Å². The van der Waals surface area contributed by atoms with Crippen LogP contribution in [0, 0.1) is 0 Å². The standard InChI is InChI=1S/C22H25N5O4/c1-22(16-7-3-2-4-8-16)20(30)27(21(31)23-22)24-19(29)15-25-11-13-26(14-12-25)17-9-5-6-10-18(17)28/h2-10,28H,11-15H2,1H3,(H,23,31)(H,24,29)/p+1/t22-/m1/s1. The average Bonchev–Trinajstić information content (AvgIpc) is 2.99. The van der Waals surface area contributed by atoms with E-state index in [1.165, 1.54) is 0 Å². The van der Waals surface area contributed by atoms with Gasteiger partial charge in [-0.05, 0) is 24.6 Å². The Bertz CT molecular complexity index is 990. The topological polar surface area (TPSA) is 106 Å². The van der Waals surface area contributed by atoms with E-state index in [2.05, 4.69) is 15.6 Å². The second-order valence-corrected chi connectivity index (χ2v) is 8.00. The molecule has 0 unspecified atom stereocenters. The molecule has 2 aliphatic heterocycles. The predicted molar refractivity (Wildman–Crippen MR) is 113 cm³/mol. The number of benzene rings is 2. The van der Waals surface area contributed by atoms with Crippen LogP contribution in [0.15, 0.2) is 54.6 Å². The number of quaternary nitrogens is 1. The van der Waals surface area contributed by atoms with Crippen molar-refractivity contribution in [1.29, 1.82) is 0 Å². The third kappa shape index (κ3) is 4.04. The van der Waals surface area contributed by atoms with Gasteiger partial charge in [0, 0.05) is 0 Å². The number of hydrazine groups is 1. The molecule has 4 amide bonds. The van der Waals surface area contributed by atoms with E-state index in [9.17, 15) is 19.5 Å². The Hall–Kier alpha value is -3.59. The molecule has 4 rings (SSSR count). The molecule has 0 aromatic heterocycles. The number of anilines is 1. The first-order valence-corrected chi connectivity index (χ1v) is 10.3. The van der Waals surface area contributed by atoms with Gasteiger partial charge in [-0.3, -0.25) is 15.0 Å². The van der Waals surface area contributed by atoms with Crippen molar-refractivity contribution >= 4 is 23.5 Å². The molecule has 0 radical (unpaired) electrons. The number of phenolic OH excluding ortho intramolecular Hbond substituents is 1. The van der Waals surface area contributed by atoms with Gasteiger partial charge in [0.1, 0.15) is 11.3 Å². The lowest BCUT2D eigenvalue weighted by molar-refractivity contribution is -0.892. The van der Waals surface area contributed by atoms with Gasteiger partial charge < -0.3 is 20.2 Å². The first-order chi connectivity index (χ1) is 14.9. The number of phenols is 1. The summed E-state index contributed by atoms with van der Waals surface area (Å²) >= 11 is 0. The highest BCUT2D eigenvalue weighted by Crippen LogP contribution is 2.28. The Labute approximate surface area is 180 Å². The van der Waals surface area contributed by atoms with Crippen LogP contribution in [0.4, 0.5) is 10.5 Å². The van der Waals surface area contributed by atoms with Gasteiger partial charge in [0.2, 0.25) is 0 Å². The number of urea groups is 1. The van der Waals surface area contributed by atoms with Gasteiger partial charge in [-0.2, -0.15) is 5.01 Å². The molecular weight excluding hydrogens is 398 g/mol. The minimum atomic E-state index is -1.22. The minimum Gasteiger partial charge on any atom is -0.506 e. The van der Waals surface area contributed by atoms with E-state index >= 15 is 0 Å². The van der Waals surface area contributed by atoms with Gasteiger partial charge in [0.15, 0.2) is 6.54 Å². The van der Waals surface area contributed by atoms with E-state index in [4.69, 9.17) is 0 Å². The molecule has 4 N–H and O–H groups in total. The lowest BCUT2D eigenvalue weighted by Crippen LogP contribution is -3.16. The highest BCUT2D eigenvalue weighted by Gasteiger charge is 2.50. The minimum absolute atomic E-state index is 0.147. The molecule has 0 aliphatic carbocycles. The SMILES string of the molecule is C[C@]1(c2ccccc2)NC(=O)N(NC(=O)C[NH+]2CCN(c3ccccc3O)CC2)C1=O. The molecule has 2 heterocycles. The van der Waals surface area contributed by atoms with Crippen LogP contribution in [0.1, 0.15) is 12.5 Å². The number of amides is 4. The molecule has 9 heteroatoms. The van der Waals surface area contributed by atoms with Gasteiger partial charge in [0.25, 0.3) is 11.8 Å². The first kappa shape index (κ1) is 20.7. The van der Waals surface area contributed by atoms with Crippen molar-refractivity contribution in [3.05, 3.63) is 60.2 Å².